The van der Waals surface area contributed by atoms with Crippen molar-refractivity contribution in [2.45, 2.75) is 0 Å². The van der Waals surface area contributed by atoms with Crippen molar-refractivity contribution in [2.24, 2.45) is 0 Å². The second-order valence-electron chi connectivity index (χ2n) is 2.80. The number of halogens is 3. The van der Waals surface area contributed by atoms with Crippen LogP contribution >= 0.6 is 47.8 Å². The van der Waals surface area contributed by atoms with Crippen LogP contribution in [0.4, 0.5) is 4.79 Å². The number of hydrogen-bond acceptors (Lipinski definition) is 4. The first kappa shape index (κ1) is 11.9. The van der Waals surface area contributed by atoms with Crippen molar-refractivity contribution in [2.75, 3.05) is 0 Å². The largest absolute Gasteiger partial charge is 0.418 e. The smallest absolute Gasteiger partial charge is 0.379 e. The van der Waals surface area contributed by atoms with Crippen LogP contribution in [0.3, 0.4) is 0 Å². The van der Waals surface area contributed by atoms with Gasteiger partial charge < -0.3 is 4.74 Å². The summed E-state index contributed by atoms with van der Waals surface area (Å²) in [6.45, 7) is 0. The second-order valence-corrected chi connectivity index (χ2v) is 4.95. The van der Waals surface area contributed by atoms with E-state index in [-0.39, 0.29) is 0 Å². The molecule has 0 radical (unpaired) electrons. The molecule has 16 heavy (non-hydrogen) atoms. The molecule has 4 nitrogen and oxygen atoms in total. The molecular formula is C9H3Br3N2O2. The zero-order valence-corrected chi connectivity index (χ0v) is 12.3. The van der Waals surface area contributed by atoms with Crippen molar-refractivity contribution >= 4 is 63.7 Å². The summed E-state index contributed by atoms with van der Waals surface area (Å²) in [5.74, 6) is 0.415. The Morgan fingerprint density at radius 2 is 1.75 bits per heavy atom. The lowest BCUT2D eigenvalue weighted by molar-refractivity contribution is 0.228. The predicted molar refractivity (Wildman–Crippen MR) is 69.9 cm³/mol. The quantitative estimate of drug-likeness (QED) is 0.665. The van der Waals surface area contributed by atoms with Crippen LogP contribution in [0.1, 0.15) is 0 Å². The molecule has 1 aromatic heterocycles. The van der Waals surface area contributed by atoms with Crippen molar-refractivity contribution in [3.05, 3.63) is 27.4 Å². The fourth-order valence-electron chi connectivity index (χ4n) is 1.15. The monoisotopic (exact) mass is 408 g/mol. The molecule has 7 heteroatoms. The molecular weight excluding hydrogens is 408 g/mol. The van der Waals surface area contributed by atoms with Crippen molar-refractivity contribution < 1.29 is 9.53 Å². The number of rotatable bonds is 1. The van der Waals surface area contributed by atoms with E-state index in [2.05, 4.69) is 57.8 Å². The fourth-order valence-corrected chi connectivity index (χ4v) is 1.89. The molecule has 0 bridgehead atoms. The molecule has 0 fully saturated rings. The van der Waals surface area contributed by atoms with Gasteiger partial charge in [0.1, 0.15) is 15.0 Å². The molecule has 0 spiro atoms. The van der Waals surface area contributed by atoms with E-state index in [0.717, 1.165) is 0 Å². The van der Waals surface area contributed by atoms with Gasteiger partial charge in [0.15, 0.2) is 0 Å². The minimum absolute atomic E-state index is 0.415. The predicted octanol–water partition coefficient (Wildman–Crippen LogP) is 4.05. The Bertz CT molecular complexity index is 574. The summed E-state index contributed by atoms with van der Waals surface area (Å²) in [6, 6.07) is 5.01. The average Bonchev–Trinajstić information content (AvgIpc) is 2.19. The van der Waals surface area contributed by atoms with Crippen molar-refractivity contribution in [3.8, 4) is 5.75 Å². The Morgan fingerprint density at radius 3 is 2.38 bits per heavy atom. The molecule has 1 heterocycles. The molecule has 0 amide bonds. The highest BCUT2D eigenvalue weighted by Gasteiger charge is 2.06. The number of carbonyl (C=O) groups is 1. The SMILES string of the molecule is O=C(Br)Oc1ccc2nc(Br)c(Br)nc2c1. The van der Waals surface area contributed by atoms with E-state index in [1.807, 2.05) is 0 Å². The lowest BCUT2D eigenvalue weighted by Gasteiger charge is -2.03. The van der Waals surface area contributed by atoms with Crippen LogP contribution in [0, 0.1) is 0 Å². The van der Waals surface area contributed by atoms with Crippen LogP contribution in [0.5, 0.6) is 5.75 Å². The Morgan fingerprint density at radius 1 is 1.12 bits per heavy atom. The maximum absolute atomic E-state index is 10.7. The highest BCUT2D eigenvalue weighted by Crippen LogP contribution is 2.25. The Balaban J connectivity index is 2.53. The van der Waals surface area contributed by atoms with Crippen LogP contribution in [0.15, 0.2) is 27.4 Å². The minimum atomic E-state index is -0.545. The first-order valence-electron chi connectivity index (χ1n) is 4.06. The van der Waals surface area contributed by atoms with Gasteiger partial charge in [-0.3, -0.25) is 0 Å². The molecule has 2 rings (SSSR count). The molecule has 0 aliphatic carbocycles. The highest BCUT2D eigenvalue weighted by atomic mass is 79.9. The van der Waals surface area contributed by atoms with Crippen LogP contribution in [-0.2, 0) is 0 Å². The summed E-state index contributed by atoms with van der Waals surface area (Å²) in [4.78, 5) is 18.7. The lowest BCUT2D eigenvalue weighted by atomic mass is 10.3. The molecule has 0 atom stereocenters. The van der Waals surface area contributed by atoms with Gasteiger partial charge in [-0.25, -0.2) is 14.8 Å². The second kappa shape index (κ2) is 4.77. The lowest BCUT2D eigenvalue weighted by Crippen LogP contribution is -1.96. The maximum Gasteiger partial charge on any atom is 0.379 e. The summed E-state index contributed by atoms with van der Waals surface area (Å²) in [5, 5.41) is 0. The maximum atomic E-state index is 10.7. The minimum Gasteiger partial charge on any atom is -0.418 e. The summed E-state index contributed by atoms with van der Waals surface area (Å²) < 4.78 is 6.10. The highest BCUT2D eigenvalue weighted by molar-refractivity contribution is 9.18. The standard InChI is InChI=1S/C9H3Br3N2O2/c10-7-8(11)14-6-3-4(16-9(12)15)1-2-5(6)13-7/h1-3H. The van der Waals surface area contributed by atoms with Crippen LogP contribution in [0.2, 0.25) is 0 Å². The van der Waals surface area contributed by atoms with Crippen molar-refractivity contribution in [3.63, 3.8) is 0 Å². The molecule has 0 aliphatic heterocycles. The molecule has 82 valence electrons. The molecule has 2 aromatic rings. The molecule has 0 unspecified atom stereocenters. The molecule has 0 saturated heterocycles. The molecule has 1 aromatic carbocycles. The summed E-state index contributed by atoms with van der Waals surface area (Å²) >= 11 is 9.20. The molecule has 0 aliphatic rings. The van der Waals surface area contributed by atoms with Gasteiger partial charge in [-0.1, -0.05) is 0 Å². The summed E-state index contributed by atoms with van der Waals surface area (Å²) in [7, 11) is 0. The van der Waals surface area contributed by atoms with E-state index < -0.39 is 4.88 Å². The van der Waals surface area contributed by atoms with Gasteiger partial charge in [-0.05, 0) is 44.0 Å². The third kappa shape index (κ3) is 2.58. The summed E-state index contributed by atoms with van der Waals surface area (Å²) in [6.07, 6.45) is 0. The number of benzene rings is 1. The van der Waals surface area contributed by atoms with E-state index in [4.69, 9.17) is 4.74 Å². The van der Waals surface area contributed by atoms with Crippen LogP contribution < -0.4 is 4.74 Å². The van der Waals surface area contributed by atoms with Gasteiger partial charge in [0.2, 0.25) is 0 Å². The van der Waals surface area contributed by atoms with E-state index in [9.17, 15) is 4.79 Å². The number of ether oxygens (including phenoxy) is 1. The van der Waals surface area contributed by atoms with Crippen LogP contribution in [0.25, 0.3) is 11.0 Å². The van der Waals surface area contributed by atoms with E-state index in [0.29, 0.717) is 26.0 Å². The van der Waals surface area contributed by atoms with Gasteiger partial charge in [0.05, 0.1) is 11.0 Å². The zero-order valence-electron chi connectivity index (χ0n) is 7.58. The number of carbonyl (C=O) groups excluding carboxylic acids is 1. The average molecular weight is 411 g/mol. The normalized spacial score (nSPS) is 10.4. The first-order chi connectivity index (χ1) is 7.56. The van der Waals surface area contributed by atoms with Gasteiger partial charge in [0.25, 0.3) is 0 Å². The number of aromatic nitrogens is 2. The van der Waals surface area contributed by atoms with Gasteiger partial charge in [-0.2, -0.15) is 0 Å². The Kier molecular flexibility index (Phi) is 3.56. The number of nitrogens with zero attached hydrogens (tertiary/aromatic N) is 2. The molecule has 0 N–H and O–H groups in total. The van der Waals surface area contributed by atoms with E-state index in [1.54, 1.807) is 18.2 Å². The van der Waals surface area contributed by atoms with Crippen LogP contribution in [-0.4, -0.2) is 14.8 Å². The van der Waals surface area contributed by atoms with Crippen molar-refractivity contribution in [1.82, 2.24) is 9.97 Å². The number of fused-ring (bicyclic) bond motifs is 1. The third-order valence-corrected chi connectivity index (χ3v) is 3.55. The Hall–Kier alpha value is -0.530. The third-order valence-electron chi connectivity index (χ3n) is 1.75. The van der Waals surface area contributed by atoms with E-state index >= 15 is 0 Å². The fraction of sp³-hybridized carbons (Fsp3) is 0. The van der Waals surface area contributed by atoms with Gasteiger partial charge in [-0.15, -0.1) is 0 Å². The number of hydrogen-bond donors (Lipinski definition) is 0. The van der Waals surface area contributed by atoms with Gasteiger partial charge in [0, 0.05) is 22.0 Å². The first-order valence-corrected chi connectivity index (χ1v) is 6.44. The van der Waals surface area contributed by atoms with Crippen molar-refractivity contribution in [1.29, 1.82) is 0 Å². The zero-order chi connectivity index (χ0) is 11.7. The van der Waals surface area contributed by atoms with Gasteiger partial charge >= 0.3 is 4.88 Å². The van der Waals surface area contributed by atoms with E-state index in [1.165, 1.54) is 0 Å². The molecule has 0 saturated carbocycles. The Labute approximate surface area is 116 Å². The topological polar surface area (TPSA) is 52.1 Å². The summed E-state index contributed by atoms with van der Waals surface area (Å²) in [5.41, 5.74) is 1.35.